The van der Waals surface area contributed by atoms with Crippen molar-refractivity contribution in [3.05, 3.63) is 84.1 Å². The van der Waals surface area contributed by atoms with Crippen LogP contribution in [0.1, 0.15) is 24.1 Å². The van der Waals surface area contributed by atoms with Crippen LogP contribution in [-0.2, 0) is 6.54 Å². The maximum atomic E-state index is 4.76. The Hall–Kier alpha value is -2.92. The van der Waals surface area contributed by atoms with Crippen LogP contribution in [0.4, 0.5) is 11.8 Å². The Morgan fingerprint density at radius 3 is 2.29 bits per heavy atom. The topological polar surface area (TPSA) is 44.3 Å². The van der Waals surface area contributed by atoms with E-state index in [4.69, 9.17) is 4.98 Å². The number of benzene rings is 2. The van der Waals surface area contributed by atoms with Gasteiger partial charge >= 0.3 is 0 Å². The molecule has 0 saturated carbocycles. The van der Waals surface area contributed by atoms with E-state index in [0.29, 0.717) is 5.95 Å². The van der Waals surface area contributed by atoms with E-state index in [1.807, 2.05) is 18.3 Å². The van der Waals surface area contributed by atoms with Gasteiger partial charge in [0.05, 0.1) is 6.04 Å². The lowest BCUT2D eigenvalue weighted by Crippen LogP contribution is -2.46. The molecule has 0 amide bonds. The highest BCUT2D eigenvalue weighted by molar-refractivity contribution is 5.44. The summed E-state index contributed by atoms with van der Waals surface area (Å²) in [5.41, 5.74) is 2.60. The number of hydrogen-bond acceptors (Lipinski definition) is 5. The van der Waals surface area contributed by atoms with E-state index in [1.54, 1.807) is 0 Å². The first kappa shape index (κ1) is 18.4. The van der Waals surface area contributed by atoms with Gasteiger partial charge in [-0.25, -0.2) is 4.98 Å². The van der Waals surface area contributed by atoms with Crippen LogP contribution in [-0.4, -0.2) is 41.0 Å². The molecule has 1 fully saturated rings. The molecule has 1 saturated heterocycles. The molecule has 0 radical (unpaired) electrons. The molecule has 1 atom stereocenters. The molecule has 0 bridgehead atoms. The predicted molar refractivity (Wildman–Crippen MR) is 114 cm³/mol. The minimum Gasteiger partial charge on any atom is -0.354 e. The average Bonchev–Trinajstić information content (AvgIpc) is 2.76. The Kier molecular flexibility index (Phi) is 5.83. The minimum atomic E-state index is 0.166. The van der Waals surface area contributed by atoms with Crippen LogP contribution in [0.5, 0.6) is 0 Å². The minimum absolute atomic E-state index is 0.166. The van der Waals surface area contributed by atoms with Crippen molar-refractivity contribution in [3.8, 4) is 0 Å². The molecule has 2 aromatic carbocycles. The number of nitrogens with zero attached hydrogens (tertiary/aromatic N) is 4. The molecular formula is C23H27N5. The fourth-order valence-electron chi connectivity index (χ4n) is 3.59. The van der Waals surface area contributed by atoms with Crippen LogP contribution in [0, 0.1) is 0 Å². The molecule has 2 heterocycles. The molecular weight excluding hydrogens is 346 g/mol. The van der Waals surface area contributed by atoms with E-state index in [2.05, 4.69) is 81.6 Å². The van der Waals surface area contributed by atoms with Crippen molar-refractivity contribution in [3.63, 3.8) is 0 Å². The standard InChI is InChI=1S/C23H27N5/c1-19(21-10-6-3-7-11-21)25-23-24-13-12-22(26-23)28-16-14-27(15-17-28)18-20-8-4-2-5-9-20/h2-13,19H,14-18H2,1H3,(H,24,25,26). The summed E-state index contributed by atoms with van der Waals surface area (Å²) in [6, 6.07) is 23.2. The maximum absolute atomic E-state index is 4.76. The summed E-state index contributed by atoms with van der Waals surface area (Å²) in [7, 11) is 0. The van der Waals surface area contributed by atoms with Gasteiger partial charge in [0, 0.05) is 38.9 Å². The van der Waals surface area contributed by atoms with E-state index >= 15 is 0 Å². The van der Waals surface area contributed by atoms with Gasteiger partial charge in [-0.15, -0.1) is 0 Å². The summed E-state index contributed by atoms with van der Waals surface area (Å²) in [6.45, 7) is 7.20. The first-order valence-corrected chi connectivity index (χ1v) is 9.94. The van der Waals surface area contributed by atoms with Gasteiger partial charge in [-0.1, -0.05) is 60.7 Å². The third-order valence-electron chi connectivity index (χ3n) is 5.23. The molecule has 5 heteroatoms. The Bertz CT molecular complexity index is 860. The molecule has 1 aromatic heterocycles. The monoisotopic (exact) mass is 373 g/mol. The zero-order valence-corrected chi connectivity index (χ0v) is 16.3. The number of rotatable bonds is 6. The van der Waals surface area contributed by atoms with Crippen molar-refractivity contribution in [2.24, 2.45) is 0 Å². The molecule has 1 aliphatic rings. The summed E-state index contributed by atoms with van der Waals surface area (Å²) in [4.78, 5) is 14.0. The Labute approximate surface area is 167 Å². The van der Waals surface area contributed by atoms with Crippen molar-refractivity contribution < 1.29 is 0 Å². The number of piperazine rings is 1. The van der Waals surface area contributed by atoms with Gasteiger partial charge in [0.1, 0.15) is 5.82 Å². The second-order valence-electron chi connectivity index (χ2n) is 7.26. The lowest BCUT2D eigenvalue weighted by molar-refractivity contribution is 0.249. The molecule has 28 heavy (non-hydrogen) atoms. The van der Waals surface area contributed by atoms with E-state index in [9.17, 15) is 0 Å². The van der Waals surface area contributed by atoms with Gasteiger partial charge in [0.2, 0.25) is 5.95 Å². The molecule has 1 unspecified atom stereocenters. The lowest BCUT2D eigenvalue weighted by atomic mass is 10.1. The molecule has 1 aliphatic heterocycles. The molecule has 1 N–H and O–H groups in total. The van der Waals surface area contributed by atoms with Gasteiger partial charge < -0.3 is 10.2 Å². The number of nitrogens with one attached hydrogen (secondary N) is 1. The number of anilines is 2. The Balaban J connectivity index is 1.35. The van der Waals surface area contributed by atoms with Crippen LogP contribution in [0.25, 0.3) is 0 Å². The molecule has 3 aromatic rings. The molecule has 5 nitrogen and oxygen atoms in total. The van der Waals surface area contributed by atoms with Crippen LogP contribution < -0.4 is 10.2 Å². The number of aromatic nitrogens is 2. The quantitative estimate of drug-likeness (QED) is 0.708. The second kappa shape index (κ2) is 8.85. The maximum Gasteiger partial charge on any atom is 0.225 e. The van der Waals surface area contributed by atoms with Crippen molar-refractivity contribution in [2.75, 3.05) is 36.4 Å². The summed E-state index contributed by atoms with van der Waals surface area (Å²) >= 11 is 0. The van der Waals surface area contributed by atoms with Gasteiger partial charge in [-0.05, 0) is 24.1 Å². The highest BCUT2D eigenvalue weighted by Crippen LogP contribution is 2.19. The zero-order valence-electron chi connectivity index (χ0n) is 16.3. The summed E-state index contributed by atoms with van der Waals surface area (Å²) in [6.07, 6.45) is 1.85. The van der Waals surface area contributed by atoms with E-state index in [1.165, 1.54) is 11.1 Å². The fraction of sp³-hybridized carbons (Fsp3) is 0.304. The van der Waals surface area contributed by atoms with Gasteiger partial charge in [0.15, 0.2) is 0 Å². The van der Waals surface area contributed by atoms with Crippen LogP contribution >= 0.6 is 0 Å². The van der Waals surface area contributed by atoms with E-state index in [-0.39, 0.29) is 6.04 Å². The van der Waals surface area contributed by atoms with Gasteiger partial charge in [-0.3, -0.25) is 4.90 Å². The number of hydrogen-bond donors (Lipinski definition) is 1. The molecule has 4 rings (SSSR count). The van der Waals surface area contributed by atoms with Crippen LogP contribution in [0.15, 0.2) is 72.9 Å². The molecule has 0 spiro atoms. The lowest BCUT2D eigenvalue weighted by Gasteiger charge is -2.35. The fourth-order valence-corrected chi connectivity index (χ4v) is 3.59. The first-order valence-electron chi connectivity index (χ1n) is 9.94. The van der Waals surface area contributed by atoms with Gasteiger partial charge in [0.25, 0.3) is 0 Å². The molecule has 0 aliphatic carbocycles. The normalized spacial score (nSPS) is 16.0. The van der Waals surface area contributed by atoms with E-state index in [0.717, 1.165) is 38.5 Å². The Morgan fingerprint density at radius 2 is 1.57 bits per heavy atom. The van der Waals surface area contributed by atoms with Crippen molar-refractivity contribution in [1.82, 2.24) is 14.9 Å². The second-order valence-corrected chi connectivity index (χ2v) is 7.26. The van der Waals surface area contributed by atoms with Crippen LogP contribution in [0.2, 0.25) is 0 Å². The van der Waals surface area contributed by atoms with Gasteiger partial charge in [-0.2, -0.15) is 4.98 Å². The van der Waals surface area contributed by atoms with E-state index < -0.39 is 0 Å². The van der Waals surface area contributed by atoms with Crippen LogP contribution in [0.3, 0.4) is 0 Å². The highest BCUT2D eigenvalue weighted by Gasteiger charge is 2.19. The summed E-state index contributed by atoms with van der Waals surface area (Å²) in [5, 5.41) is 3.42. The summed E-state index contributed by atoms with van der Waals surface area (Å²) in [5.74, 6) is 1.68. The predicted octanol–water partition coefficient (Wildman–Crippen LogP) is 3.97. The highest BCUT2D eigenvalue weighted by atomic mass is 15.3. The third-order valence-corrected chi connectivity index (χ3v) is 5.23. The smallest absolute Gasteiger partial charge is 0.225 e. The SMILES string of the molecule is CC(Nc1nccc(N2CCN(Cc3ccccc3)CC2)n1)c1ccccc1. The van der Waals surface area contributed by atoms with Crippen molar-refractivity contribution >= 4 is 11.8 Å². The average molecular weight is 374 g/mol. The first-order chi connectivity index (χ1) is 13.8. The van der Waals surface area contributed by atoms with Crippen molar-refractivity contribution in [2.45, 2.75) is 19.5 Å². The largest absolute Gasteiger partial charge is 0.354 e. The third kappa shape index (κ3) is 4.67. The molecule has 144 valence electrons. The summed E-state index contributed by atoms with van der Waals surface area (Å²) < 4.78 is 0. The Morgan fingerprint density at radius 1 is 0.893 bits per heavy atom. The van der Waals surface area contributed by atoms with Crippen molar-refractivity contribution in [1.29, 1.82) is 0 Å². The zero-order chi connectivity index (χ0) is 19.2.